The lowest BCUT2D eigenvalue weighted by Crippen LogP contribution is -2.07. The standard InChI is InChI=1S/C16H15ClO3/c17-14-3-1-2-12(8-14)13(9-18)6-11-4-5-15-16(7-11)20-10-19-15/h1-5,7-8,13,18H,6,9-10H2. The number of rotatable bonds is 4. The highest BCUT2D eigenvalue weighted by Crippen LogP contribution is 2.34. The lowest BCUT2D eigenvalue weighted by molar-refractivity contribution is 0.174. The second-order valence-corrected chi connectivity index (χ2v) is 5.26. The molecule has 0 amide bonds. The molecule has 1 unspecified atom stereocenters. The van der Waals surface area contributed by atoms with Crippen LogP contribution in [-0.4, -0.2) is 18.5 Å². The predicted molar refractivity (Wildman–Crippen MR) is 77.5 cm³/mol. The molecule has 104 valence electrons. The summed E-state index contributed by atoms with van der Waals surface area (Å²) in [6, 6.07) is 13.5. The highest BCUT2D eigenvalue weighted by atomic mass is 35.5. The van der Waals surface area contributed by atoms with Gasteiger partial charge in [-0.1, -0.05) is 29.8 Å². The molecule has 0 radical (unpaired) electrons. The molecule has 1 N–H and O–H groups in total. The molecular formula is C16H15ClO3. The Morgan fingerprint density at radius 2 is 1.95 bits per heavy atom. The summed E-state index contributed by atoms with van der Waals surface area (Å²) in [5, 5.41) is 10.3. The van der Waals surface area contributed by atoms with Gasteiger partial charge in [-0.2, -0.15) is 0 Å². The van der Waals surface area contributed by atoms with Gasteiger partial charge in [0.2, 0.25) is 6.79 Å². The number of halogens is 1. The van der Waals surface area contributed by atoms with Crippen LogP contribution in [0, 0.1) is 0 Å². The molecule has 0 spiro atoms. The van der Waals surface area contributed by atoms with E-state index in [-0.39, 0.29) is 19.3 Å². The van der Waals surface area contributed by atoms with Crippen molar-refractivity contribution in [2.75, 3.05) is 13.4 Å². The number of aliphatic hydroxyl groups is 1. The molecule has 0 saturated carbocycles. The van der Waals surface area contributed by atoms with E-state index in [1.165, 1.54) is 0 Å². The van der Waals surface area contributed by atoms with Crippen LogP contribution in [0.1, 0.15) is 17.0 Å². The Balaban J connectivity index is 1.81. The van der Waals surface area contributed by atoms with Crippen molar-refractivity contribution in [3.8, 4) is 11.5 Å². The van der Waals surface area contributed by atoms with Crippen LogP contribution in [0.15, 0.2) is 42.5 Å². The minimum Gasteiger partial charge on any atom is -0.454 e. The summed E-state index contributed by atoms with van der Waals surface area (Å²) < 4.78 is 10.7. The van der Waals surface area contributed by atoms with Gasteiger partial charge in [-0.3, -0.25) is 0 Å². The van der Waals surface area contributed by atoms with E-state index in [2.05, 4.69) is 0 Å². The molecule has 3 nitrogen and oxygen atoms in total. The van der Waals surface area contributed by atoms with E-state index in [0.29, 0.717) is 5.02 Å². The summed E-state index contributed by atoms with van der Waals surface area (Å²) in [4.78, 5) is 0. The van der Waals surface area contributed by atoms with Gasteiger partial charge in [-0.15, -0.1) is 0 Å². The van der Waals surface area contributed by atoms with Gasteiger partial charge in [-0.25, -0.2) is 0 Å². The van der Waals surface area contributed by atoms with E-state index in [1.54, 1.807) is 0 Å². The Morgan fingerprint density at radius 3 is 2.75 bits per heavy atom. The van der Waals surface area contributed by atoms with Gasteiger partial charge in [-0.05, 0) is 41.8 Å². The van der Waals surface area contributed by atoms with Gasteiger partial charge in [0, 0.05) is 10.9 Å². The van der Waals surface area contributed by atoms with Gasteiger partial charge >= 0.3 is 0 Å². The lowest BCUT2D eigenvalue weighted by Gasteiger charge is -2.15. The van der Waals surface area contributed by atoms with E-state index >= 15 is 0 Å². The minimum atomic E-state index is 0.0223. The second kappa shape index (κ2) is 5.73. The van der Waals surface area contributed by atoms with Gasteiger partial charge in [0.25, 0.3) is 0 Å². The fourth-order valence-electron chi connectivity index (χ4n) is 2.40. The topological polar surface area (TPSA) is 38.7 Å². The van der Waals surface area contributed by atoms with Gasteiger partial charge in [0.05, 0.1) is 6.61 Å². The molecule has 0 bridgehead atoms. The zero-order chi connectivity index (χ0) is 13.9. The van der Waals surface area contributed by atoms with Crippen LogP contribution in [0.5, 0.6) is 11.5 Å². The average Bonchev–Trinajstić information content (AvgIpc) is 2.92. The Morgan fingerprint density at radius 1 is 1.10 bits per heavy atom. The fourth-order valence-corrected chi connectivity index (χ4v) is 2.60. The third kappa shape index (κ3) is 2.74. The normalized spacial score (nSPS) is 14.3. The highest BCUT2D eigenvalue weighted by molar-refractivity contribution is 6.30. The van der Waals surface area contributed by atoms with E-state index < -0.39 is 0 Å². The molecule has 1 heterocycles. The van der Waals surface area contributed by atoms with Crippen LogP contribution in [0.4, 0.5) is 0 Å². The summed E-state index contributed by atoms with van der Waals surface area (Å²) in [7, 11) is 0. The van der Waals surface area contributed by atoms with Crippen LogP contribution in [0.2, 0.25) is 5.02 Å². The van der Waals surface area contributed by atoms with Crippen molar-refractivity contribution in [3.63, 3.8) is 0 Å². The van der Waals surface area contributed by atoms with Gasteiger partial charge in [0.1, 0.15) is 0 Å². The van der Waals surface area contributed by atoms with E-state index in [0.717, 1.165) is 29.0 Å². The first-order valence-corrected chi connectivity index (χ1v) is 6.89. The molecule has 1 aliphatic rings. The van der Waals surface area contributed by atoms with E-state index in [1.807, 2.05) is 42.5 Å². The number of ether oxygens (including phenoxy) is 2. The Hall–Kier alpha value is -1.71. The number of hydrogen-bond donors (Lipinski definition) is 1. The number of hydrogen-bond acceptors (Lipinski definition) is 3. The van der Waals surface area contributed by atoms with Crippen molar-refractivity contribution >= 4 is 11.6 Å². The number of aliphatic hydroxyl groups excluding tert-OH is 1. The van der Waals surface area contributed by atoms with E-state index in [4.69, 9.17) is 21.1 Å². The average molecular weight is 291 g/mol. The molecule has 1 aliphatic heterocycles. The number of fused-ring (bicyclic) bond motifs is 1. The first-order valence-electron chi connectivity index (χ1n) is 6.51. The minimum absolute atomic E-state index is 0.0223. The van der Waals surface area contributed by atoms with Crippen LogP contribution in [-0.2, 0) is 6.42 Å². The zero-order valence-electron chi connectivity index (χ0n) is 10.9. The maximum Gasteiger partial charge on any atom is 0.231 e. The van der Waals surface area contributed by atoms with Crippen molar-refractivity contribution < 1.29 is 14.6 Å². The van der Waals surface area contributed by atoms with Crippen molar-refractivity contribution in [3.05, 3.63) is 58.6 Å². The molecule has 1 atom stereocenters. The van der Waals surface area contributed by atoms with E-state index in [9.17, 15) is 5.11 Å². The number of benzene rings is 2. The van der Waals surface area contributed by atoms with Gasteiger partial charge < -0.3 is 14.6 Å². The first-order chi connectivity index (χ1) is 9.76. The van der Waals surface area contributed by atoms with Crippen LogP contribution >= 0.6 is 11.6 Å². The summed E-state index contributed by atoms with van der Waals surface area (Å²) >= 11 is 6.01. The molecule has 0 aliphatic carbocycles. The van der Waals surface area contributed by atoms with Crippen molar-refractivity contribution in [1.29, 1.82) is 0 Å². The first kappa shape index (κ1) is 13.3. The summed E-state index contributed by atoms with van der Waals surface area (Å²) in [5.41, 5.74) is 2.14. The molecular weight excluding hydrogens is 276 g/mol. The second-order valence-electron chi connectivity index (χ2n) is 4.83. The van der Waals surface area contributed by atoms with Crippen LogP contribution in [0.3, 0.4) is 0 Å². The quantitative estimate of drug-likeness (QED) is 0.938. The Bertz CT molecular complexity index is 612. The van der Waals surface area contributed by atoms with Crippen molar-refractivity contribution in [1.82, 2.24) is 0 Å². The third-order valence-electron chi connectivity index (χ3n) is 3.46. The molecule has 4 heteroatoms. The van der Waals surface area contributed by atoms with Crippen molar-refractivity contribution in [2.45, 2.75) is 12.3 Å². The molecule has 0 fully saturated rings. The summed E-state index contributed by atoms with van der Waals surface area (Å²) in [5.74, 6) is 1.57. The van der Waals surface area contributed by atoms with Gasteiger partial charge in [0.15, 0.2) is 11.5 Å². The molecule has 2 aromatic rings. The zero-order valence-corrected chi connectivity index (χ0v) is 11.6. The maximum atomic E-state index is 9.63. The maximum absolute atomic E-state index is 9.63. The molecule has 20 heavy (non-hydrogen) atoms. The lowest BCUT2D eigenvalue weighted by atomic mass is 9.92. The Kier molecular flexibility index (Phi) is 3.81. The highest BCUT2D eigenvalue weighted by Gasteiger charge is 2.16. The summed E-state index contributed by atoms with van der Waals surface area (Å²) in [6.07, 6.45) is 0.730. The largest absolute Gasteiger partial charge is 0.454 e. The third-order valence-corrected chi connectivity index (χ3v) is 3.69. The smallest absolute Gasteiger partial charge is 0.231 e. The fraction of sp³-hybridized carbons (Fsp3) is 0.250. The summed E-state index contributed by atoms with van der Waals surface area (Å²) in [6.45, 7) is 0.352. The monoisotopic (exact) mass is 290 g/mol. The molecule has 2 aromatic carbocycles. The van der Waals surface area contributed by atoms with Crippen LogP contribution < -0.4 is 9.47 Å². The molecule has 0 aromatic heterocycles. The van der Waals surface area contributed by atoms with Crippen LogP contribution in [0.25, 0.3) is 0 Å². The SMILES string of the molecule is OCC(Cc1ccc2c(c1)OCO2)c1cccc(Cl)c1. The van der Waals surface area contributed by atoms with Crippen molar-refractivity contribution in [2.24, 2.45) is 0 Å². The Labute approximate surface area is 122 Å². The molecule has 0 saturated heterocycles. The molecule has 3 rings (SSSR count). The predicted octanol–water partition coefficient (Wildman–Crippen LogP) is 3.39.